The Kier molecular flexibility index (Phi) is 8.59. The molecule has 1 aromatic carbocycles. The SMILES string of the molecule is CCCCOC(C)C(=O)N1C[C@@H](CN)[C@H](c2ccccc2)C1.Cl. The van der Waals surface area contributed by atoms with E-state index in [2.05, 4.69) is 19.1 Å². The highest BCUT2D eigenvalue weighted by atomic mass is 35.5. The molecule has 23 heavy (non-hydrogen) atoms. The van der Waals surface area contributed by atoms with Crippen LogP contribution in [0.25, 0.3) is 0 Å². The molecular formula is C18H29ClN2O2. The molecule has 5 heteroatoms. The van der Waals surface area contributed by atoms with Crippen LogP contribution < -0.4 is 5.73 Å². The van der Waals surface area contributed by atoms with Crippen molar-refractivity contribution in [2.45, 2.75) is 38.7 Å². The zero-order valence-corrected chi connectivity index (χ0v) is 14.9. The van der Waals surface area contributed by atoms with E-state index in [1.165, 1.54) is 5.56 Å². The Morgan fingerprint density at radius 2 is 2.04 bits per heavy atom. The molecule has 1 aliphatic rings. The van der Waals surface area contributed by atoms with E-state index < -0.39 is 0 Å². The van der Waals surface area contributed by atoms with E-state index in [1.807, 2.05) is 30.0 Å². The minimum absolute atomic E-state index is 0. The van der Waals surface area contributed by atoms with Gasteiger partial charge in [-0.25, -0.2) is 0 Å². The number of amides is 1. The van der Waals surface area contributed by atoms with Crippen LogP contribution in [0.2, 0.25) is 0 Å². The number of nitrogens with two attached hydrogens (primary N) is 1. The number of hydrogen-bond acceptors (Lipinski definition) is 3. The van der Waals surface area contributed by atoms with Crippen LogP contribution in [0.3, 0.4) is 0 Å². The van der Waals surface area contributed by atoms with E-state index in [0.29, 0.717) is 25.0 Å². The molecule has 1 heterocycles. The fourth-order valence-corrected chi connectivity index (χ4v) is 3.10. The summed E-state index contributed by atoms with van der Waals surface area (Å²) in [4.78, 5) is 14.5. The largest absolute Gasteiger partial charge is 0.369 e. The van der Waals surface area contributed by atoms with E-state index in [1.54, 1.807) is 0 Å². The topological polar surface area (TPSA) is 55.6 Å². The highest BCUT2D eigenvalue weighted by molar-refractivity contribution is 5.85. The van der Waals surface area contributed by atoms with E-state index >= 15 is 0 Å². The Morgan fingerprint density at radius 3 is 2.65 bits per heavy atom. The maximum atomic E-state index is 12.5. The molecule has 3 atom stereocenters. The van der Waals surface area contributed by atoms with E-state index in [4.69, 9.17) is 10.5 Å². The second kappa shape index (κ2) is 9.91. The predicted molar refractivity (Wildman–Crippen MR) is 95.9 cm³/mol. The van der Waals surface area contributed by atoms with E-state index in [0.717, 1.165) is 25.9 Å². The van der Waals surface area contributed by atoms with Gasteiger partial charge < -0.3 is 15.4 Å². The van der Waals surface area contributed by atoms with Crippen molar-refractivity contribution in [1.29, 1.82) is 0 Å². The molecule has 4 nitrogen and oxygen atoms in total. The Labute approximate surface area is 145 Å². The van der Waals surface area contributed by atoms with Gasteiger partial charge in [0.1, 0.15) is 6.10 Å². The van der Waals surface area contributed by atoms with Crippen LogP contribution in [0.1, 0.15) is 38.2 Å². The van der Waals surface area contributed by atoms with Crippen molar-refractivity contribution in [3.8, 4) is 0 Å². The summed E-state index contributed by atoms with van der Waals surface area (Å²) in [6, 6.07) is 10.4. The normalized spacial score (nSPS) is 21.8. The summed E-state index contributed by atoms with van der Waals surface area (Å²) in [6.45, 7) is 6.70. The molecule has 0 saturated carbocycles. The van der Waals surface area contributed by atoms with Crippen molar-refractivity contribution in [3.05, 3.63) is 35.9 Å². The number of unbranched alkanes of at least 4 members (excludes halogenated alkanes) is 1. The summed E-state index contributed by atoms with van der Waals surface area (Å²) < 4.78 is 5.64. The fraction of sp³-hybridized carbons (Fsp3) is 0.611. The zero-order chi connectivity index (χ0) is 15.9. The lowest BCUT2D eigenvalue weighted by Crippen LogP contribution is -2.38. The first-order valence-electron chi connectivity index (χ1n) is 8.32. The van der Waals surface area contributed by atoms with Crippen LogP contribution in [-0.4, -0.2) is 43.2 Å². The smallest absolute Gasteiger partial charge is 0.251 e. The summed E-state index contributed by atoms with van der Waals surface area (Å²) >= 11 is 0. The van der Waals surface area contributed by atoms with Crippen LogP contribution in [0.5, 0.6) is 0 Å². The van der Waals surface area contributed by atoms with Gasteiger partial charge in [0.25, 0.3) is 5.91 Å². The molecule has 0 aliphatic carbocycles. The summed E-state index contributed by atoms with van der Waals surface area (Å²) in [6.07, 6.45) is 1.71. The lowest BCUT2D eigenvalue weighted by Gasteiger charge is -2.21. The van der Waals surface area contributed by atoms with Crippen LogP contribution in [0.15, 0.2) is 30.3 Å². The first-order valence-corrected chi connectivity index (χ1v) is 8.32. The third-order valence-electron chi connectivity index (χ3n) is 4.50. The third kappa shape index (κ3) is 5.20. The van der Waals surface area contributed by atoms with Gasteiger partial charge in [-0.3, -0.25) is 4.79 Å². The van der Waals surface area contributed by atoms with Gasteiger partial charge in [0, 0.05) is 25.6 Å². The third-order valence-corrected chi connectivity index (χ3v) is 4.50. The second-order valence-corrected chi connectivity index (χ2v) is 6.12. The average Bonchev–Trinajstić information content (AvgIpc) is 2.99. The van der Waals surface area contributed by atoms with Gasteiger partial charge in [-0.1, -0.05) is 43.7 Å². The minimum Gasteiger partial charge on any atom is -0.369 e. The molecule has 130 valence electrons. The molecule has 1 aliphatic heterocycles. The molecule has 2 rings (SSSR count). The van der Waals surface area contributed by atoms with Crippen molar-refractivity contribution < 1.29 is 9.53 Å². The lowest BCUT2D eigenvalue weighted by atomic mass is 9.89. The molecular weight excluding hydrogens is 312 g/mol. The summed E-state index contributed by atoms with van der Waals surface area (Å²) in [5.41, 5.74) is 7.20. The van der Waals surface area contributed by atoms with E-state index in [-0.39, 0.29) is 24.4 Å². The van der Waals surface area contributed by atoms with Gasteiger partial charge >= 0.3 is 0 Å². The monoisotopic (exact) mass is 340 g/mol. The first-order chi connectivity index (χ1) is 10.7. The van der Waals surface area contributed by atoms with Gasteiger partial charge in [-0.05, 0) is 31.4 Å². The number of ether oxygens (including phenoxy) is 1. The van der Waals surface area contributed by atoms with Gasteiger partial charge in [0.05, 0.1) is 0 Å². The van der Waals surface area contributed by atoms with Gasteiger partial charge in [-0.2, -0.15) is 0 Å². The van der Waals surface area contributed by atoms with E-state index in [9.17, 15) is 4.79 Å². The second-order valence-electron chi connectivity index (χ2n) is 6.12. The number of likely N-dealkylation sites (tertiary alicyclic amines) is 1. The number of carbonyl (C=O) groups excluding carboxylic acids is 1. The van der Waals surface area contributed by atoms with Crippen LogP contribution in [-0.2, 0) is 9.53 Å². The van der Waals surface area contributed by atoms with Crippen LogP contribution >= 0.6 is 12.4 Å². The Morgan fingerprint density at radius 1 is 1.35 bits per heavy atom. The van der Waals surface area contributed by atoms with Crippen LogP contribution in [0.4, 0.5) is 0 Å². The maximum absolute atomic E-state index is 12.5. The molecule has 0 radical (unpaired) electrons. The minimum atomic E-state index is -0.362. The van der Waals surface area contributed by atoms with Gasteiger partial charge in [0.2, 0.25) is 0 Å². The molecule has 0 spiro atoms. The molecule has 1 saturated heterocycles. The molecule has 1 aromatic rings. The molecule has 1 amide bonds. The number of carbonyl (C=O) groups is 1. The number of hydrogen-bond donors (Lipinski definition) is 1. The summed E-state index contributed by atoms with van der Waals surface area (Å²) in [5, 5.41) is 0. The molecule has 0 bridgehead atoms. The van der Waals surface area contributed by atoms with Crippen molar-refractivity contribution in [2.75, 3.05) is 26.2 Å². The average molecular weight is 341 g/mol. The number of nitrogens with zero attached hydrogens (tertiary/aromatic N) is 1. The number of rotatable bonds is 7. The lowest BCUT2D eigenvalue weighted by molar-refractivity contribution is -0.141. The Bertz CT molecular complexity index is 469. The number of benzene rings is 1. The molecule has 1 fully saturated rings. The maximum Gasteiger partial charge on any atom is 0.251 e. The summed E-state index contributed by atoms with van der Waals surface area (Å²) in [5.74, 6) is 0.750. The highest BCUT2D eigenvalue weighted by Crippen LogP contribution is 2.32. The van der Waals surface area contributed by atoms with Gasteiger partial charge in [0.15, 0.2) is 0 Å². The van der Waals surface area contributed by atoms with Crippen molar-refractivity contribution >= 4 is 18.3 Å². The molecule has 0 aromatic heterocycles. The first kappa shape index (κ1) is 19.9. The fourth-order valence-electron chi connectivity index (χ4n) is 3.10. The quantitative estimate of drug-likeness (QED) is 0.776. The highest BCUT2D eigenvalue weighted by Gasteiger charge is 2.36. The predicted octanol–water partition coefficient (Wildman–Crippen LogP) is 2.81. The van der Waals surface area contributed by atoms with Crippen molar-refractivity contribution in [2.24, 2.45) is 11.7 Å². The van der Waals surface area contributed by atoms with Crippen molar-refractivity contribution in [3.63, 3.8) is 0 Å². The standard InChI is InChI=1S/C18H28N2O2.ClH/c1-3-4-10-22-14(2)18(21)20-12-16(11-19)17(13-20)15-8-6-5-7-9-15;/h5-9,14,16-17H,3-4,10-13,19H2,1-2H3;1H/t14?,16-,17+;/m1./s1. The molecule has 2 N–H and O–H groups in total. The zero-order valence-electron chi connectivity index (χ0n) is 14.1. The van der Waals surface area contributed by atoms with Crippen LogP contribution in [0, 0.1) is 5.92 Å². The Hall–Kier alpha value is -1.10. The molecule has 1 unspecified atom stereocenters. The summed E-state index contributed by atoms with van der Waals surface area (Å²) in [7, 11) is 0. The van der Waals surface area contributed by atoms with Crippen molar-refractivity contribution in [1.82, 2.24) is 4.90 Å². The number of halogens is 1. The Balaban J connectivity index is 0.00000264. The van der Waals surface area contributed by atoms with Gasteiger partial charge in [-0.15, -0.1) is 12.4 Å².